The van der Waals surface area contributed by atoms with Crippen LogP contribution < -0.4 is 0 Å². The minimum atomic E-state index is -1.19. The molecule has 1 saturated heterocycles. The summed E-state index contributed by atoms with van der Waals surface area (Å²) in [5.74, 6) is -1.38. The van der Waals surface area contributed by atoms with Crippen molar-refractivity contribution in [2.24, 2.45) is 22.7 Å². The molecule has 0 amide bonds. The molecule has 0 aromatic rings. The maximum atomic E-state index is 12.7. The van der Waals surface area contributed by atoms with Crippen molar-refractivity contribution in [1.29, 1.82) is 0 Å². The van der Waals surface area contributed by atoms with Gasteiger partial charge in [0.1, 0.15) is 12.2 Å². The van der Waals surface area contributed by atoms with Gasteiger partial charge in [-0.1, -0.05) is 51.2 Å². The van der Waals surface area contributed by atoms with E-state index in [2.05, 4.69) is 19.6 Å². The average Bonchev–Trinajstić information content (AvgIpc) is 3.16. The van der Waals surface area contributed by atoms with Gasteiger partial charge in [-0.25, -0.2) is 0 Å². The Labute approximate surface area is 214 Å². The topological polar surface area (TPSA) is 101 Å². The highest BCUT2D eigenvalue weighted by Gasteiger charge is 2.73. The van der Waals surface area contributed by atoms with Crippen molar-refractivity contribution in [1.82, 2.24) is 0 Å². The molecule has 0 bridgehead atoms. The van der Waals surface area contributed by atoms with Gasteiger partial charge in [-0.05, 0) is 43.1 Å². The monoisotopic (exact) mass is 506 g/mol. The number of carbonyl (C=O) groups is 2. The van der Waals surface area contributed by atoms with E-state index in [9.17, 15) is 14.7 Å². The van der Waals surface area contributed by atoms with E-state index < -0.39 is 41.6 Å². The fourth-order valence-corrected chi connectivity index (χ4v) is 6.49. The SMILES string of the molecule is C=C/C(C)=C/CC1(C)C(C)C(OC(=O)CCC)C(O)C23C(=CC(OC)CC12)C(OC)OC3OC(C)=O. The second-order valence-electron chi connectivity index (χ2n) is 10.6. The smallest absolute Gasteiger partial charge is 0.306 e. The van der Waals surface area contributed by atoms with E-state index in [0.717, 1.165) is 5.57 Å². The summed E-state index contributed by atoms with van der Waals surface area (Å²) in [6.07, 6.45) is 3.63. The van der Waals surface area contributed by atoms with Crippen LogP contribution in [0.15, 0.2) is 36.0 Å². The van der Waals surface area contributed by atoms with Crippen molar-refractivity contribution >= 4 is 11.9 Å². The van der Waals surface area contributed by atoms with Crippen molar-refractivity contribution in [2.75, 3.05) is 14.2 Å². The van der Waals surface area contributed by atoms with Crippen LogP contribution in [0.5, 0.6) is 0 Å². The van der Waals surface area contributed by atoms with Gasteiger partial charge >= 0.3 is 11.9 Å². The average molecular weight is 507 g/mol. The first-order chi connectivity index (χ1) is 17.0. The standard InChI is InChI=1S/C28H42O8/c1-9-11-22(30)35-23-17(4)27(6,13-12-16(3)10-2)21-15-19(32-7)14-20-25(33-8)36-26(34-18(5)29)28(20,21)24(23)31/h10,12,14,17,19,21,23-26,31H,2,9,11,13,15H2,1,3-8H3/b16-12+. The second kappa shape index (κ2) is 11.2. The summed E-state index contributed by atoms with van der Waals surface area (Å²) < 4.78 is 29.3. The summed E-state index contributed by atoms with van der Waals surface area (Å²) in [7, 11) is 3.15. The number of hydrogen-bond donors (Lipinski definition) is 1. The first kappa shape index (κ1) is 28.6. The molecule has 1 aliphatic heterocycles. The number of rotatable bonds is 9. The zero-order chi connectivity index (χ0) is 26.8. The summed E-state index contributed by atoms with van der Waals surface area (Å²) in [6, 6.07) is 0. The van der Waals surface area contributed by atoms with E-state index in [0.29, 0.717) is 24.8 Å². The Morgan fingerprint density at radius 1 is 1.25 bits per heavy atom. The van der Waals surface area contributed by atoms with Gasteiger partial charge in [-0.3, -0.25) is 9.59 Å². The summed E-state index contributed by atoms with van der Waals surface area (Å²) in [5, 5.41) is 12.1. The van der Waals surface area contributed by atoms with E-state index in [-0.39, 0.29) is 30.3 Å². The largest absolute Gasteiger partial charge is 0.459 e. The van der Waals surface area contributed by atoms with Crippen molar-refractivity contribution < 1.29 is 38.4 Å². The van der Waals surface area contributed by atoms with Gasteiger partial charge in [0.25, 0.3) is 0 Å². The van der Waals surface area contributed by atoms with Crippen LogP contribution in [-0.2, 0) is 33.3 Å². The molecule has 1 saturated carbocycles. The number of aliphatic hydroxyl groups is 1. The number of carbonyl (C=O) groups excluding carboxylic acids is 2. The molecule has 2 fully saturated rings. The van der Waals surface area contributed by atoms with E-state index in [1.165, 1.54) is 14.0 Å². The van der Waals surface area contributed by atoms with Gasteiger partial charge < -0.3 is 28.8 Å². The Morgan fingerprint density at radius 2 is 1.94 bits per heavy atom. The molecule has 3 rings (SSSR count). The molecule has 0 aromatic carbocycles. The van der Waals surface area contributed by atoms with Gasteiger partial charge in [0.2, 0.25) is 6.29 Å². The Morgan fingerprint density at radius 3 is 2.50 bits per heavy atom. The van der Waals surface area contributed by atoms with Crippen LogP contribution in [0, 0.1) is 22.7 Å². The Hall–Kier alpha value is -2.00. The molecule has 8 heteroatoms. The van der Waals surface area contributed by atoms with Gasteiger partial charge in [0.15, 0.2) is 6.29 Å². The predicted octanol–water partition coefficient (Wildman–Crippen LogP) is 4.08. The maximum Gasteiger partial charge on any atom is 0.306 e. The zero-order valence-corrected chi connectivity index (χ0v) is 22.6. The first-order valence-electron chi connectivity index (χ1n) is 12.8. The minimum Gasteiger partial charge on any atom is -0.459 e. The van der Waals surface area contributed by atoms with Crippen LogP contribution in [0.2, 0.25) is 0 Å². The van der Waals surface area contributed by atoms with Crippen LogP contribution in [-0.4, -0.2) is 62.2 Å². The van der Waals surface area contributed by atoms with Crippen LogP contribution in [0.25, 0.3) is 0 Å². The van der Waals surface area contributed by atoms with E-state index in [4.69, 9.17) is 23.7 Å². The third-order valence-electron chi connectivity index (χ3n) is 8.63. The molecular formula is C28H42O8. The number of esters is 2. The lowest BCUT2D eigenvalue weighted by Gasteiger charge is -2.62. The van der Waals surface area contributed by atoms with Crippen molar-refractivity contribution in [3.8, 4) is 0 Å². The van der Waals surface area contributed by atoms with Crippen LogP contribution in [0.4, 0.5) is 0 Å². The zero-order valence-electron chi connectivity index (χ0n) is 22.6. The lowest BCUT2D eigenvalue weighted by Crippen LogP contribution is -2.68. The molecule has 9 unspecified atom stereocenters. The predicted molar refractivity (Wildman–Crippen MR) is 133 cm³/mol. The van der Waals surface area contributed by atoms with Crippen molar-refractivity contribution in [2.45, 2.75) is 91.2 Å². The maximum absolute atomic E-state index is 12.7. The molecule has 0 radical (unpaired) electrons. The molecule has 36 heavy (non-hydrogen) atoms. The first-order valence-corrected chi connectivity index (χ1v) is 12.8. The Kier molecular flexibility index (Phi) is 8.87. The molecule has 1 heterocycles. The number of aliphatic hydroxyl groups excluding tert-OH is 1. The van der Waals surface area contributed by atoms with E-state index >= 15 is 0 Å². The third-order valence-corrected chi connectivity index (χ3v) is 8.63. The quantitative estimate of drug-likeness (QED) is 0.284. The molecule has 0 aromatic heterocycles. The van der Waals surface area contributed by atoms with Gasteiger partial charge in [0.05, 0.1) is 11.5 Å². The number of hydrogen-bond acceptors (Lipinski definition) is 8. The second-order valence-corrected chi connectivity index (χ2v) is 10.6. The molecule has 2 aliphatic carbocycles. The van der Waals surface area contributed by atoms with Gasteiger partial charge in [-0.15, -0.1) is 0 Å². The Balaban J connectivity index is 2.27. The van der Waals surface area contributed by atoms with Crippen LogP contribution in [0.3, 0.4) is 0 Å². The van der Waals surface area contributed by atoms with Gasteiger partial charge in [0, 0.05) is 33.5 Å². The highest BCUT2D eigenvalue weighted by Crippen LogP contribution is 2.67. The normalized spacial score (nSPS) is 40.1. The molecule has 1 N–H and O–H groups in total. The highest BCUT2D eigenvalue weighted by atomic mass is 16.8. The van der Waals surface area contributed by atoms with Gasteiger partial charge in [-0.2, -0.15) is 0 Å². The number of allylic oxidation sites excluding steroid dienone is 3. The van der Waals surface area contributed by atoms with Crippen LogP contribution in [0.1, 0.15) is 60.3 Å². The fourth-order valence-electron chi connectivity index (χ4n) is 6.49. The van der Waals surface area contributed by atoms with Crippen molar-refractivity contribution in [3.63, 3.8) is 0 Å². The summed E-state index contributed by atoms with van der Waals surface area (Å²) >= 11 is 0. The molecule has 1 spiro atoms. The number of methoxy groups -OCH3 is 2. The molecule has 8 nitrogen and oxygen atoms in total. The summed E-state index contributed by atoms with van der Waals surface area (Å²) in [4.78, 5) is 24.9. The van der Waals surface area contributed by atoms with E-state index in [1.807, 2.05) is 26.8 Å². The number of ether oxygens (including phenoxy) is 5. The fraction of sp³-hybridized carbons (Fsp3) is 0.714. The lowest BCUT2D eigenvalue weighted by molar-refractivity contribution is -0.276. The summed E-state index contributed by atoms with van der Waals surface area (Å²) in [5.41, 5.74) is -0.00485. The van der Waals surface area contributed by atoms with E-state index in [1.54, 1.807) is 13.2 Å². The molecular weight excluding hydrogens is 464 g/mol. The van der Waals surface area contributed by atoms with Crippen LogP contribution >= 0.6 is 0 Å². The highest BCUT2D eigenvalue weighted by molar-refractivity contribution is 5.69. The minimum absolute atomic E-state index is 0.228. The molecule has 202 valence electrons. The Bertz CT molecular complexity index is 909. The van der Waals surface area contributed by atoms with Crippen molar-refractivity contribution in [3.05, 3.63) is 36.0 Å². The molecule has 9 atom stereocenters. The molecule has 3 aliphatic rings. The summed E-state index contributed by atoms with van der Waals surface area (Å²) in [6.45, 7) is 13.2. The third kappa shape index (κ3) is 4.69. The lowest BCUT2D eigenvalue weighted by atomic mass is 9.44.